The molecule has 0 aromatic carbocycles. The second kappa shape index (κ2) is 15.2. The molecule has 0 bridgehead atoms. The molecule has 3 atom stereocenters. The highest BCUT2D eigenvalue weighted by Crippen LogP contribution is 2.31. The van der Waals surface area contributed by atoms with Crippen LogP contribution in [0.1, 0.15) is 43.6 Å². The number of esters is 1. The van der Waals surface area contributed by atoms with Crippen LogP contribution in [0.15, 0.2) is 47.1 Å². The van der Waals surface area contributed by atoms with Crippen LogP contribution in [-0.2, 0) is 25.4 Å². The molecular weight excluding hydrogens is 426 g/mol. The van der Waals surface area contributed by atoms with Gasteiger partial charge in [-0.15, -0.1) is 0 Å². The standard InChI is InChI=1S/C25H35NO7/c1-7-13-22(33-18-29-4)25(2,3)21(27)15-12-10-8-9-11-14-19(30-5)16-23-26-20(17-32-23)24(28)31-6/h7,10-14,17,19,21-22,27H,15-16,18H2,1-6H3/b12-10-,13-7+,14-11+/t19-,21-,22+/m0/s1. The van der Waals surface area contributed by atoms with Gasteiger partial charge in [-0.25, -0.2) is 9.78 Å². The number of nitrogens with zero attached hydrogens (tertiary/aromatic N) is 1. The lowest BCUT2D eigenvalue weighted by atomic mass is 9.79. The van der Waals surface area contributed by atoms with E-state index >= 15 is 0 Å². The number of allylic oxidation sites excluding steroid dienone is 3. The Bertz CT molecular complexity index is 858. The van der Waals surface area contributed by atoms with Gasteiger partial charge in [-0.2, -0.15) is 0 Å². The van der Waals surface area contributed by atoms with Crippen molar-refractivity contribution >= 4 is 5.97 Å². The maximum absolute atomic E-state index is 11.4. The van der Waals surface area contributed by atoms with E-state index in [0.717, 1.165) is 0 Å². The topological polar surface area (TPSA) is 100 Å². The van der Waals surface area contributed by atoms with Crippen molar-refractivity contribution in [3.63, 3.8) is 0 Å². The first kappa shape index (κ1) is 28.3. The second-order valence-electron chi connectivity index (χ2n) is 7.74. The fourth-order valence-corrected chi connectivity index (χ4v) is 2.84. The number of methoxy groups -OCH3 is 3. The van der Waals surface area contributed by atoms with Gasteiger partial charge in [0.1, 0.15) is 13.1 Å². The Hall–Kier alpha value is -2.70. The Labute approximate surface area is 196 Å². The van der Waals surface area contributed by atoms with Crippen molar-refractivity contribution in [2.75, 3.05) is 28.1 Å². The van der Waals surface area contributed by atoms with Gasteiger partial charge >= 0.3 is 5.97 Å². The SMILES string of the molecule is C/C=C/[C@@H](OCOC)C(C)(C)[C@@H](O)C/C=C\C#C/C=C/[C@@H](Cc1nc(C(=O)OC)co1)OC. The van der Waals surface area contributed by atoms with Gasteiger partial charge in [0.05, 0.1) is 31.8 Å². The van der Waals surface area contributed by atoms with Gasteiger partial charge in [0.2, 0.25) is 0 Å². The van der Waals surface area contributed by atoms with Gasteiger partial charge < -0.3 is 28.5 Å². The van der Waals surface area contributed by atoms with Crippen LogP contribution in [0.2, 0.25) is 0 Å². The van der Waals surface area contributed by atoms with E-state index in [9.17, 15) is 9.90 Å². The average molecular weight is 462 g/mol. The highest BCUT2D eigenvalue weighted by Gasteiger charge is 2.35. The molecule has 1 aromatic heterocycles. The minimum atomic E-state index is -0.627. The molecular formula is C25H35NO7. The summed E-state index contributed by atoms with van der Waals surface area (Å²) in [7, 11) is 4.41. The zero-order valence-corrected chi connectivity index (χ0v) is 20.2. The van der Waals surface area contributed by atoms with Crippen LogP contribution < -0.4 is 0 Å². The minimum Gasteiger partial charge on any atom is -0.464 e. The minimum absolute atomic E-state index is 0.115. The summed E-state index contributed by atoms with van der Waals surface area (Å²) in [6.45, 7) is 5.97. The highest BCUT2D eigenvalue weighted by atomic mass is 16.7. The Kier molecular flexibility index (Phi) is 13.0. The van der Waals surface area contributed by atoms with Gasteiger partial charge in [-0.1, -0.05) is 43.9 Å². The fourth-order valence-electron chi connectivity index (χ4n) is 2.84. The predicted octanol–water partition coefficient (Wildman–Crippen LogP) is 3.48. The van der Waals surface area contributed by atoms with Crippen molar-refractivity contribution in [1.29, 1.82) is 0 Å². The van der Waals surface area contributed by atoms with E-state index < -0.39 is 17.5 Å². The van der Waals surface area contributed by atoms with Crippen LogP contribution in [0.3, 0.4) is 0 Å². The van der Waals surface area contributed by atoms with E-state index in [1.54, 1.807) is 32.4 Å². The van der Waals surface area contributed by atoms with Crippen LogP contribution in [0.5, 0.6) is 0 Å². The molecule has 0 spiro atoms. The quantitative estimate of drug-likeness (QED) is 0.206. The van der Waals surface area contributed by atoms with E-state index in [0.29, 0.717) is 18.7 Å². The first-order chi connectivity index (χ1) is 15.8. The zero-order valence-electron chi connectivity index (χ0n) is 20.2. The monoisotopic (exact) mass is 461 g/mol. The molecule has 1 heterocycles. The van der Waals surface area contributed by atoms with Gasteiger partial charge in [0.25, 0.3) is 0 Å². The predicted molar refractivity (Wildman–Crippen MR) is 124 cm³/mol. The maximum atomic E-state index is 11.4. The van der Waals surface area contributed by atoms with Crippen molar-refractivity contribution < 1.29 is 33.3 Å². The largest absolute Gasteiger partial charge is 0.464 e. The molecule has 0 saturated heterocycles. The summed E-state index contributed by atoms with van der Waals surface area (Å²) in [5.74, 6) is 5.60. The van der Waals surface area contributed by atoms with E-state index in [4.69, 9.17) is 18.6 Å². The van der Waals surface area contributed by atoms with Gasteiger partial charge in [-0.05, 0) is 31.6 Å². The van der Waals surface area contributed by atoms with Crippen molar-refractivity contribution in [3.8, 4) is 11.8 Å². The Morgan fingerprint density at radius 2 is 1.97 bits per heavy atom. The summed E-state index contributed by atoms with van der Waals surface area (Å²) in [5, 5.41) is 10.6. The molecule has 0 radical (unpaired) electrons. The number of oxazole rings is 1. The average Bonchev–Trinajstić information content (AvgIpc) is 3.27. The lowest BCUT2D eigenvalue weighted by Gasteiger charge is -2.36. The number of aromatic nitrogens is 1. The maximum Gasteiger partial charge on any atom is 0.360 e. The molecule has 8 heteroatoms. The second-order valence-corrected chi connectivity index (χ2v) is 7.74. The summed E-state index contributed by atoms with van der Waals surface area (Å²) in [6, 6.07) is 0. The molecule has 8 nitrogen and oxygen atoms in total. The number of aliphatic hydroxyl groups excluding tert-OH is 1. The molecule has 182 valence electrons. The number of rotatable bonds is 13. The molecule has 33 heavy (non-hydrogen) atoms. The summed E-state index contributed by atoms with van der Waals surface area (Å²) >= 11 is 0. The van der Waals surface area contributed by atoms with Crippen LogP contribution in [-0.4, -0.2) is 62.5 Å². The number of hydrogen-bond acceptors (Lipinski definition) is 8. The van der Waals surface area contributed by atoms with Crippen molar-refractivity contribution in [1.82, 2.24) is 4.98 Å². The van der Waals surface area contributed by atoms with Crippen LogP contribution in [0, 0.1) is 17.3 Å². The summed E-state index contributed by atoms with van der Waals surface area (Å²) in [4.78, 5) is 15.5. The van der Waals surface area contributed by atoms with Crippen molar-refractivity contribution in [3.05, 3.63) is 54.3 Å². The lowest BCUT2D eigenvalue weighted by molar-refractivity contribution is -0.119. The van der Waals surface area contributed by atoms with Crippen molar-refractivity contribution in [2.45, 2.75) is 51.9 Å². The number of hydrogen-bond donors (Lipinski definition) is 1. The smallest absolute Gasteiger partial charge is 0.360 e. The number of carbonyl (C=O) groups excluding carboxylic acids is 1. The Morgan fingerprint density at radius 1 is 1.24 bits per heavy atom. The van der Waals surface area contributed by atoms with Gasteiger partial charge in [0, 0.05) is 19.6 Å². The summed E-state index contributed by atoms with van der Waals surface area (Å²) < 4.78 is 25.9. The molecule has 0 saturated carbocycles. The van der Waals surface area contributed by atoms with Gasteiger partial charge in [-0.3, -0.25) is 0 Å². The Morgan fingerprint density at radius 3 is 2.61 bits per heavy atom. The van der Waals surface area contributed by atoms with E-state index in [1.807, 2.05) is 39.0 Å². The van der Waals surface area contributed by atoms with E-state index in [1.165, 1.54) is 13.4 Å². The highest BCUT2D eigenvalue weighted by molar-refractivity contribution is 5.86. The molecule has 0 aliphatic carbocycles. The molecule has 0 unspecified atom stereocenters. The number of aliphatic hydroxyl groups is 1. The molecule has 1 aromatic rings. The van der Waals surface area contributed by atoms with Crippen LogP contribution in [0.25, 0.3) is 0 Å². The lowest BCUT2D eigenvalue weighted by Crippen LogP contribution is -2.41. The van der Waals surface area contributed by atoms with E-state index in [2.05, 4.69) is 21.6 Å². The Balaban J connectivity index is 2.59. The van der Waals surface area contributed by atoms with Gasteiger partial charge in [0.15, 0.2) is 11.6 Å². The molecule has 0 amide bonds. The zero-order chi connectivity index (χ0) is 24.7. The summed E-state index contributed by atoms with van der Waals surface area (Å²) in [5.41, 5.74) is -0.397. The molecule has 0 aliphatic heterocycles. The molecule has 0 fully saturated rings. The molecule has 1 N–H and O–H groups in total. The third-order valence-electron chi connectivity index (χ3n) is 4.99. The third kappa shape index (κ3) is 9.76. The van der Waals surface area contributed by atoms with Crippen LogP contribution in [0.4, 0.5) is 0 Å². The number of ether oxygens (including phenoxy) is 4. The first-order valence-electron chi connectivity index (χ1n) is 10.6. The van der Waals surface area contributed by atoms with Crippen LogP contribution >= 0.6 is 0 Å². The van der Waals surface area contributed by atoms with Crippen molar-refractivity contribution in [2.24, 2.45) is 5.41 Å². The fraction of sp³-hybridized carbons (Fsp3) is 0.520. The third-order valence-corrected chi connectivity index (χ3v) is 4.99. The number of carbonyl (C=O) groups is 1. The molecule has 0 aliphatic rings. The first-order valence-corrected chi connectivity index (χ1v) is 10.6. The molecule has 1 rings (SSSR count). The normalized spacial score (nSPS) is 15.0. The summed E-state index contributed by atoms with van der Waals surface area (Å²) in [6.07, 6.45) is 11.6. The van der Waals surface area contributed by atoms with E-state index in [-0.39, 0.29) is 24.7 Å².